The van der Waals surface area contributed by atoms with E-state index < -0.39 is 0 Å². The van der Waals surface area contributed by atoms with Crippen molar-refractivity contribution in [3.05, 3.63) is 0 Å². The summed E-state index contributed by atoms with van der Waals surface area (Å²) in [7, 11) is 3.40. The molecule has 0 radical (unpaired) electrons. The van der Waals surface area contributed by atoms with Crippen LogP contribution in [0.1, 0.15) is 19.8 Å². The minimum absolute atomic E-state index is 0.0000926. The van der Waals surface area contributed by atoms with Crippen molar-refractivity contribution in [2.75, 3.05) is 27.2 Å². The van der Waals surface area contributed by atoms with Gasteiger partial charge in [-0.2, -0.15) is 0 Å². The first-order valence-electron chi connectivity index (χ1n) is 4.77. The van der Waals surface area contributed by atoms with Crippen LogP contribution in [0.3, 0.4) is 0 Å². The Labute approximate surface area is 79.4 Å². The monoisotopic (exact) mass is 186 g/mol. The highest BCUT2D eigenvalue weighted by Crippen LogP contribution is 2.17. The maximum atomic E-state index is 11.2. The number of likely N-dealkylation sites (tertiary alicyclic amines) is 1. The second kappa shape index (κ2) is 4.46. The first kappa shape index (κ1) is 10.3. The molecule has 1 saturated heterocycles. The van der Waals surface area contributed by atoms with Gasteiger partial charge in [0.1, 0.15) is 0 Å². The fraction of sp³-hybridized carbons (Fsp3) is 0.889. The highest BCUT2D eigenvalue weighted by Gasteiger charge is 2.26. The van der Waals surface area contributed by atoms with Gasteiger partial charge in [0.25, 0.3) is 0 Å². The van der Waals surface area contributed by atoms with Crippen molar-refractivity contribution in [3.8, 4) is 0 Å². The molecule has 0 N–H and O–H groups in total. The average molecular weight is 186 g/mol. The molecule has 0 aromatic rings. The predicted molar refractivity (Wildman–Crippen MR) is 50.4 cm³/mol. The Morgan fingerprint density at radius 2 is 2.31 bits per heavy atom. The number of carbonyl (C=O) groups is 1. The molecule has 1 aliphatic rings. The highest BCUT2D eigenvalue weighted by molar-refractivity contribution is 5.66. The fourth-order valence-corrected chi connectivity index (χ4v) is 1.51. The third-order valence-corrected chi connectivity index (χ3v) is 2.31. The molecule has 1 heterocycles. The SMILES string of the molecule is CCN1CCCC1OC(=O)N(C)C. The molecule has 1 atom stereocenters. The zero-order valence-corrected chi connectivity index (χ0v) is 8.62. The van der Waals surface area contributed by atoms with E-state index in [1.54, 1.807) is 14.1 Å². The third-order valence-electron chi connectivity index (χ3n) is 2.31. The molecule has 0 spiro atoms. The number of hydrogen-bond acceptors (Lipinski definition) is 3. The summed E-state index contributed by atoms with van der Waals surface area (Å²) in [5, 5.41) is 0. The van der Waals surface area contributed by atoms with Gasteiger partial charge in [-0.15, -0.1) is 0 Å². The molecule has 1 rings (SSSR count). The summed E-state index contributed by atoms with van der Waals surface area (Å²) in [6.07, 6.45) is 1.84. The van der Waals surface area contributed by atoms with Gasteiger partial charge < -0.3 is 9.64 Å². The molecule has 1 fully saturated rings. The van der Waals surface area contributed by atoms with Crippen molar-refractivity contribution in [2.45, 2.75) is 26.0 Å². The van der Waals surface area contributed by atoms with E-state index in [0.29, 0.717) is 0 Å². The standard InChI is InChI=1S/C9H18N2O2/c1-4-11-7-5-6-8(11)13-9(12)10(2)3/h8H,4-7H2,1-3H3. The largest absolute Gasteiger partial charge is 0.430 e. The van der Waals surface area contributed by atoms with Crippen LogP contribution in [0.5, 0.6) is 0 Å². The molecule has 1 unspecified atom stereocenters. The summed E-state index contributed by atoms with van der Waals surface area (Å²) in [6, 6.07) is 0. The molecule has 0 aromatic carbocycles. The van der Waals surface area contributed by atoms with Crippen molar-refractivity contribution in [1.29, 1.82) is 0 Å². The van der Waals surface area contributed by atoms with Crippen molar-refractivity contribution in [2.24, 2.45) is 0 Å². The van der Waals surface area contributed by atoms with Gasteiger partial charge in [-0.25, -0.2) is 4.79 Å². The van der Waals surface area contributed by atoms with Crippen molar-refractivity contribution in [1.82, 2.24) is 9.80 Å². The van der Waals surface area contributed by atoms with Crippen LogP contribution in [-0.2, 0) is 4.74 Å². The maximum Gasteiger partial charge on any atom is 0.410 e. The summed E-state index contributed by atoms with van der Waals surface area (Å²) in [5.74, 6) is 0. The van der Waals surface area contributed by atoms with E-state index in [9.17, 15) is 4.79 Å². The quantitative estimate of drug-likeness (QED) is 0.648. The van der Waals surface area contributed by atoms with Crippen LogP contribution in [0.15, 0.2) is 0 Å². The number of hydrogen-bond donors (Lipinski definition) is 0. The lowest BCUT2D eigenvalue weighted by atomic mass is 10.4. The van der Waals surface area contributed by atoms with Gasteiger partial charge in [-0.1, -0.05) is 6.92 Å². The molecule has 0 bridgehead atoms. The van der Waals surface area contributed by atoms with E-state index in [-0.39, 0.29) is 12.3 Å². The second-order valence-electron chi connectivity index (χ2n) is 3.50. The summed E-state index contributed by atoms with van der Waals surface area (Å²) in [6.45, 7) is 4.08. The Bertz CT molecular complexity index is 182. The molecular formula is C9H18N2O2. The summed E-state index contributed by atoms with van der Waals surface area (Å²) < 4.78 is 5.29. The molecule has 4 nitrogen and oxygen atoms in total. The molecule has 1 amide bonds. The van der Waals surface area contributed by atoms with Crippen molar-refractivity contribution in [3.63, 3.8) is 0 Å². The number of ether oxygens (including phenoxy) is 1. The highest BCUT2D eigenvalue weighted by atomic mass is 16.6. The Hall–Kier alpha value is -0.770. The van der Waals surface area contributed by atoms with Gasteiger partial charge in [0.05, 0.1) is 0 Å². The minimum atomic E-state index is -0.245. The van der Waals surface area contributed by atoms with Crippen LogP contribution < -0.4 is 0 Å². The topological polar surface area (TPSA) is 32.8 Å². The van der Waals surface area contributed by atoms with Gasteiger partial charge in [-0.3, -0.25) is 4.90 Å². The Kier molecular flexibility index (Phi) is 3.54. The lowest BCUT2D eigenvalue weighted by Crippen LogP contribution is -2.36. The zero-order valence-electron chi connectivity index (χ0n) is 8.62. The van der Waals surface area contributed by atoms with E-state index >= 15 is 0 Å². The molecule has 13 heavy (non-hydrogen) atoms. The second-order valence-corrected chi connectivity index (χ2v) is 3.50. The first-order valence-corrected chi connectivity index (χ1v) is 4.77. The molecule has 1 aliphatic heterocycles. The minimum Gasteiger partial charge on any atom is -0.430 e. The maximum absolute atomic E-state index is 11.2. The van der Waals surface area contributed by atoms with E-state index in [1.807, 2.05) is 0 Å². The lowest BCUT2D eigenvalue weighted by molar-refractivity contribution is 0.00303. The van der Waals surface area contributed by atoms with E-state index in [2.05, 4.69) is 11.8 Å². The Morgan fingerprint density at radius 1 is 1.62 bits per heavy atom. The van der Waals surface area contributed by atoms with Gasteiger partial charge in [-0.05, 0) is 19.4 Å². The molecule has 0 aliphatic carbocycles. The average Bonchev–Trinajstić information content (AvgIpc) is 2.51. The summed E-state index contributed by atoms with van der Waals surface area (Å²) in [5.41, 5.74) is 0. The van der Waals surface area contributed by atoms with Gasteiger partial charge in [0.2, 0.25) is 0 Å². The number of rotatable bonds is 2. The fourth-order valence-electron chi connectivity index (χ4n) is 1.51. The third kappa shape index (κ3) is 2.59. The summed E-state index contributed by atoms with van der Waals surface area (Å²) >= 11 is 0. The Balaban J connectivity index is 2.39. The van der Waals surface area contributed by atoms with Crippen molar-refractivity contribution >= 4 is 6.09 Å². The van der Waals surface area contributed by atoms with Gasteiger partial charge in [0, 0.05) is 20.6 Å². The van der Waals surface area contributed by atoms with Crippen LogP contribution in [0, 0.1) is 0 Å². The van der Waals surface area contributed by atoms with Crippen LogP contribution >= 0.6 is 0 Å². The predicted octanol–water partition coefficient (Wildman–Crippen LogP) is 1.13. The van der Waals surface area contributed by atoms with E-state index in [1.165, 1.54) is 4.90 Å². The summed E-state index contributed by atoms with van der Waals surface area (Å²) in [4.78, 5) is 14.9. The van der Waals surface area contributed by atoms with Gasteiger partial charge >= 0.3 is 6.09 Å². The van der Waals surface area contributed by atoms with E-state index in [0.717, 1.165) is 25.9 Å². The van der Waals surface area contributed by atoms with Crippen LogP contribution in [0.4, 0.5) is 4.79 Å². The number of nitrogens with zero attached hydrogens (tertiary/aromatic N) is 2. The van der Waals surface area contributed by atoms with Crippen LogP contribution in [0.2, 0.25) is 0 Å². The van der Waals surface area contributed by atoms with Gasteiger partial charge in [0.15, 0.2) is 6.23 Å². The molecule has 0 aromatic heterocycles. The number of carbonyl (C=O) groups excluding carboxylic acids is 1. The Morgan fingerprint density at radius 3 is 2.85 bits per heavy atom. The first-order chi connectivity index (χ1) is 6.15. The molecule has 0 saturated carbocycles. The molecule has 76 valence electrons. The van der Waals surface area contributed by atoms with Crippen molar-refractivity contribution < 1.29 is 9.53 Å². The van der Waals surface area contributed by atoms with E-state index in [4.69, 9.17) is 4.74 Å². The number of amides is 1. The van der Waals surface area contributed by atoms with Crippen LogP contribution in [0.25, 0.3) is 0 Å². The lowest BCUT2D eigenvalue weighted by Gasteiger charge is -2.24. The molecule has 4 heteroatoms. The van der Waals surface area contributed by atoms with Crippen LogP contribution in [-0.4, -0.2) is 49.3 Å². The molecular weight excluding hydrogens is 168 g/mol. The normalized spacial score (nSPS) is 23.2. The smallest absolute Gasteiger partial charge is 0.410 e. The zero-order chi connectivity index (χ0) is 9.84.